The van der Waals surface area contributed by atoms with Gasteiger partial charge in [0.2, 0.25) is 0 Å². The van der Waals surface area contributed by atoms with E-state index in [4.69, 9.17) is 9.47 Å². The van der Waals surface area contributed by atoms with E-state index < -0.39 is 35.1 Å². The summed E-state index contributed by atoms with van der Waals surface area (Å²) in [6.07, 6.45) is 1.77. The number of ether oxygens (including phenoxy) is 2. The van der Waals surface area contributed by atoms with E-state index in [1.807, 2.05) is 0 Å². The summed E-state index contributed by atoms with van der Waals surface area (Å²) in [5.74, 6) is -2.51. The summed E-state index contributed by atoms with van der Waals surface area (Å²) in [7, 11) is 3.00. The maximum atomic E-state index is 13.9. The van der Waals surface area contributed by atoms with Crippen molar-refractivity contribution < 1.29 is 27.0 Å². The molecule has 302 valence electrons. The van der Waals surface area contributed by atoms with Crippen molar-refractivity contribution in [3.8, 4) is 0 Å². The van der Waals surface area contributed by atoms with Gasteiger partial charge < -0.3 is 35.0 Å². The molecule has 0 fully saturated rings. The van der Waals surface area contributed by atoms with Crippen molar-refractivity contribution in [3.05, 3.63) is 104 Å². The number of hydrogen-bond acceptors (Lipinski definition) is 15. The molecule has 0 aliphatic rings. The van der Waals surface area contributed by atoms with Crippen LogP contribution < -0.4 is 21.8 Å². The van der Waals surface area contributed by atoms with Crippen LogP contribution in [0.3, 0.4) is 0 Å². The first kappa shape index (κ1) is 42.9. The summed E-state index contributed by atoms with van der Waals surface area (Å²) < 4.78 is 64.8. The van der Waals surface area contributed by atoms with Gasteiger partial charge in [0, 0.05) is 49.9 Å². The van der Waals surface area contributed by atoms with Crippen LogP contribution in [0.4, 0.5) is 29.2 Å². The highest BCUT2D eigenvalue weighted by atomic mass is 32.2. The Hall–Kier alpha value is -5.22. The van der Waals surface area contributed by atoms with E-state index in [1.165, 1.54) is 44.7 Å². The van der Waals surface area contributed by atoms with Gasteiger partial charge in [-0.3, -0.25) is 9.59 Å². The van der Waals surface area contributed by atoms with Crippen LogP contribution in [-0.4, -0.2) is 98.0 Å². The van der Waals surface area contributed by atoms with Crippen molar-refractivity contribution >= 4 is 57.5 Å². The molecule has 0 saturated carbocycles. The lowest BCUT2D eigenvalue weighted by Gasteiger charge is -2.18. The van der Waals surface area contributed by atoms with Crippen LogP contribution in [-0.2, 0) is 21.0 Å². The highest BCUT2D eigenvalue weighted by Gasteiger charge is 2.16. The maximum Gasteiger partial charge on any atom is 0.268 e. The zero-order chi connectivity index (χ0) is 40.9. The predicted octanol–water partition coefficient (Wildman–Crippen LogP) is 5.35. The molecule has 4 N–H and O–H groups in total. The number of fused-ring (bicyclic) bond motifs is 2. The Bertz CT molecular complexity index is 2400. The smallest absolute Gasteiger partial charge is 0.268 e. The summed E-state index contributed by atoms with van der Waals surface area (Å²) in [4.78, 5) is 56.3. The van der Waals surface area contributed by atoms with Gasteiger partial charge in [0.1, 0.15) is 11.0 Å². The molecule has 6 rings (SSSR count). The number of aromatic amines is 2. The van der Waals surface area contributed by atoms with Crippen LogP contribution in [0.5, 0.6) is 0 Å². The van der Waals surface area contributed by atoms with Gasteiger partial charge in [-0.05, 0) is 25.2 Å². The predicted molar refractivity (Wildman–Crippen MR) is 210 cm³/mol. The third kappa shape index (κ3) is 11.7. The number of anilines is 2. The molecule has 0 unspecified atom stereocenters. The zero-order valence-electron chi connectivity index (χ0n) is 31.2. The average molecular weight is 830 g/mol. The van der Waals surface area contributed by atoms with Gasteiger partial charge in [0.25, 0.3) is 11.1 Å². The molecule has 0 atom stereocenters. The molecule has 2 aromatic carbocycles. The van der Waals surface area contributed by atoms with Gasteiger partial charge in [-0.15, -0.1) is 0 Å². The molecule has 0 saturated heterocycles. The van der Waals surface area contributed by atoms with E-state index in [1.54, 1.807) is 0 Å². The van der Waals surface area contributed by atoms with Crippen molar-refractivity contribution in [1.29, 1.82) is 0 Å². The van der Waals surface area contributed by atoms with Crippen LogP contribution in [0.15, 0.2) is 68.7 Å². The van der Waals surface area contributed by atoms with E-state index in [-0.39, 0.29) is 45.5 Å². The number of hydrogen-bond donors (Lipinski definition) is 4. The molecule has 0 aliphatic heterocycles. The number of likely N-dealkylation sites (N-methyl/N-ethyl adjacent to an activating group) is 1. The second-order valence-corrected chi connectivity index (χ2v) is 13.7. The van der Waals surface area contributed by atoms with E-state index in [2.05, 4.69) is 69.3 Å². The van der Waals surface area contributed by atoms with Gasteiger partial charge in [-0.25, -0.2) is 47.5 Å². The molecule has 15 nitrogen and oxygen atoms in total. The fourth-order valence-electron chi connectivity index (χ4n) is 5.13. The monoisotopic (exact) mass is 829 g/mol. The number of rotatable bonds is 17. The van der Waals surface area contributed by atoms with Crippen molar-refractivity contribution in [2.45, 2.75) is 42.0 Å². The van der Waals surface area contributed by atoms with Crippen molar-refractivity contribution in [2.24, 2.45) is 0 Å². The first-order chi connectivity index (χ1) is 27.5. The first-order valence-electron chi connectivity index (χ1n) is 17.4. The molecule has 4 heterocycles. The number of thioether (sulfide) groups is 2. The molecule has 0 radical (unpaired) electrons. The summed E-state index contributed by atoms with van der Waals surface area (Å²) >= 11 is 2.25. The Labute approximate surface area is 331 Å². The standard InChI is InChI=1S/C19H22F2N6OS.C17H17F2N5O3S/c1-3-27(4-2)9-8-22-17-16-18(24-14(28)10-23-16)26-19(25-17)29-11-12-6-5-7-13(20)15(12)21;1-26-12(27-2)7-21-15-14-16(22-11(25)6-20-14)24-17(23-15)28-8-9-4-3-5-10(18)13(9)19/h5-7,10H,3-4,8-9,11H2,1-2H3,(H2,22,24,25,26,28);3-6,12H,7-8H2,1-2H3,(H2,21,22,23,24,25). The summed E-state index contributed by atoms with van der Waals surface area (Å²) in [5.41, 5.74) is 0.917. The second-order valence-electron chi connectivity index (χ2n) is 11.8. The van der Waals surface area contributed by atoms with Gasteiger partial charge in [-0.1, -0.05) is 61.6 Å². The highest BCUT2D eigenvalue weighted by molar-refractivity contribution is 7.98. The van der Waals surface area contributed by atoms with E-state index >= 15 is 0 Å². The molecular formula is C36H39F4N11O4S2. The van der Waals surface area contributed by atoms with Crippen molar-refractivity contribution in [2.75, 3.05) is 57.6 Å². The molecule has 0 spiro atoms. The highest BCUT2D eigenvalue weighted by Crippen LogP contribution is 2.27. The Morgan fingerprint density at radius 2 is 1.19 bits per heavy atom. The second kappa shape index (κ2) is 20.8. The van der Waals surface area contributed by atoms with Gasteiger partial charge >= 0.3 is 0 Å². The Morgan fingerprint density at radius 1 is 0.719 bits per heavy atom. The molecule has 0 bridgehead atoms. The Kier molecular flexibility index (Phi) is 15.7. The third-order valence-corrected chi connectivity index (χ3v) is 9.98. The van der Waals surface area contributed by atoms with E-state index in [0.29, 0.717) is 40.0 Å². The molecule has 57 heavy (non-hydrogen) atoms. The Balaban J connectivity index is 0.000000218. The number of halogens is 4. The molecule has 21 heteroatoms. The fourth-order valence-corrected chi connectivity index (χ4v) is 6.77. The molecular weight excluding hydrogens is 791 g/mol. The van der Waals surface area contributed by atoms with Crippen LogP contribution in [0, 0.1) is 23.3 Å². The Morgan fingerprint density at radius 3 is 1.65 bits per heavy atom. The minimum Gasteiger partial charge on any atom is -0.367 e. The number of nitrogens with zero attached hydrogens (tertiary/aromatic N) is 7. The number of benzene rings is 2. The topological polar surface area (TPSA) is 189 Å². The quantitative estimate of drug-likeness (QED) is 0.0398. The zero-order valence-corrected chi connectivity index (χ0v) is 32.9. The van der Waals surface area contributed by atoms with Crippen LogP contribution >= 0.6 is 23.5 Å². The lowest BCUT2D eigenvalue weighted by molar-refractivity contribution is -0.0914. The van der Waals surface area contributed by atoms with Crippen LogP contribution in [0.25, 0.3) is 22.3 Å². The van der Waals surface area contributed by atoms with E-state index in [0.717, 1.165) is 61.5 Å². The molecule has 0 amide bonds. The minimum atomic E-state index is -0.918. The molecule has 4 aromatic heterocycles. The van der Waals surface area contributed by atoms with Gasteiger partial charge in [0.15, 0.2) is 62.8 Å². The minimum absolute atomic E-state index is 0.109. The maximum absolute atomic E-state index is 13.9. The van der Waals surface area contributed by atoms with Crippen molar-refractivity contribution in [3.63, 3.8) is 0 Å². The van der Waals surface area contributed by atoms with Gasteiger partial charge in [0.05, 0.1) is 18.9 Å². The largest absolute Gasteiger partial charge is 0.367 e. The lowest BCUT2D eigenvalue weighted by atomic mass is 10.2. The number of nitrogens with one attached hydrogen (secondary N) is 4. The van der Waals surface area contributed by atoms with Gasteiger partial charge in [-0.2, -0.15) is 0 Å². The van der Waals surface area contributed by atoms with Crippen molar-refractivity contribution in [1.82, 2.24) is 44.8 Å². The summed E-state index contributed by atoms with van der Waals surface area (Å²) in [6, 6.07) is 8.01. The first-order valence-corrected chi connectivity index (χ1v) is 19.4. The third-order valence-electron chi connectivity index (χ3n) is 8.19. The molecule has 0 aliphatic carbocycles. The number of H-pyrrole nitrogens is 2. The van der Waals surface area contributed by atoms with E-state index in [9.17, 15) is 27.2 Å². The normalized spacial score (nSPS) is 11.3. The molecule has 6 aromatic rings. The van der Waals surface area contributed by atoms with Crippen LogP contribution in [0.2, 0.25) is 0 Å². The lowest BCUT2D eigenvalue weighted by Crippen LogP contribution is -2.29. The average Bonchev–Trinajstić information content (AvgIpc) is 3.20. The fraction of sp³-hybridized carbons (Fsp3) is 0.333. The van der Waals surface area contributed by atoms with Crippen LogP contribution in [0.1, 0.15) is 25.0 Å². The number of aromatic nitrogens is 8. The number of methoxy groups -OCH3 is 2. The SMILES string of the molecule is CCN(CC)CCNc1nc(SCc2cccc(F)c2F)nc2[nH]c(=O)cnc12.COC(CNc1nc(SCc2cccc(F)c2F)nc2[nH]c(=O)cnc12)OC. The summed E-state index contributed by atoms with van der Waals surface area (Å²) in [6.45, 7) is 7.79. The summed E-state index contributed by atoms with van der Waals surface area (Å²) in [5, 5.41) is 6.86.